The molecule has 0 heterocycles. The van der Waals surface area contributed by atoms with Gasteiger partial charge < -0.3 is 18.9 Å². The van der Waals surface area contributed by atoms with E-state index < -0.39 is 47.5 Å². The van der Waals surface area contributed by atoms with Gasteiger partial charge in [0.05, 0.1) is 34.4 Å². The summed E-state index contributed by atoms with van der Waals surface area (Å²) in [6.45, 7) is 4.08. The van der Waals surface area contributed by atoms with Crippen molar-refractivity contribution in [3.05, 3.63) is 24.3 Å². The average Bonchev–Trinajstić information content (AvgIpc) is 3.24. The molecule has 4 atom stereocenters. The van der Waals surface area contributed by atoms with Gasteiger partial charge in [0.2, 0.25) is 0 Å². The molecule has 1 saturated carbocycles. The van der Waals surface area contributed by atoms with Crippen molar-refractivity contribution in [3.8, 4) is 0 Å². The Kier molecular flexibility index (Phi) is 16.7. The van der Waals surface area contributed by atoms with Crippen LogP contribution < -0.4 is 0 Å². The SMILES string of the molecule is CCCCC/C=C/[C@H](CC(=O)OCC)C1[C@H](C(C(=O)OC)C(=O)OC)CC(=O)[C@@H]1C/C=C\CCCC(=O)OC. The number of carbonyl (C=O) groups excluding carboxylic acids is 5. The molecule has 0 N–H and O–H groups in total. The third-order valence-corrected chi connectivity index (χ3v) is 7.24. The maximum absolute atomic E-state index is 13.4. The third-order valence-electron chi connectivity index (χ3n) is 7.24. The van der Waals surface area contributed by atoms with Crippen molar-refractivity contribution in [1.29, 1.82) is 0 Å². The highest BCUT2D eigenvalue weighted by atomic mass is 16.5. The summed E-state index contributed by atoms with van der Waals surface area (Å²) in [5.41, 5.74) is 0. The van der Waals surface area contributed by atoms with Crippen LogP contribution in [0.15, 0.2) is 24.3 Å². The molecule has 1 rings (SSSR count). The number of allylic oxidation sites excluding steroid dienone is 4. The second-order valence-electron chi connectivity index (χ2n) is 9.81. The molecule has 9 nitrogen and oxygen atoms in total. The fraction of sp³-hybridized carbons (Fsp3) is 0.700. The van der Waals surface area contributed by atoms with E-state index in [2.05, 4.69) is 11.7 Å². The zero-order valence-electron chi connectivity index (χ0n) is 24.1. The van der Waals surface area contributed by atoms with Gasteiger partial charge in [-0.1, -0.05) is 44.1 Å². The quantitative estimate of drug-likeness (QED) is 0.0781. The molecular formula is C30H46O9. The largest absolute Gasteiger partial charge is 0.469 e. The van der Waals surface area contributed by atoms with Crippen LogP contribution in [0.5, 0.6) is 0 Å². The highest BCUT2D eigenvalue weighted by Gasteiger charge is 2.52. The van der Waals surface area contributed by atoms with E-state index in [-0.39, 0.29) is 31.2 Å². The Morgan fingerprint density at radius 2 is 1.54 bits per heavy atom. The number of methoxy groups -OCH3 is 3. The summed E-state index contributed by atoms with van der Waals surface area (Å²) in [6.07, 6.45) is 13.7. The van der Waals surface area contributed by atoms with E-state index in [4.69, 9.17) is 14.2 Å². The topological polar surface area (TPSA) is 122 Å². The van der Waals surface area contributed by atoms with Crippen molar-refractivity contribution in [2.45, 2.75) is 78.1 Å². The van der Waals surface area contributed by atoms with E-state index in [1.807, 2.05) is 24.3 Å². The van der Waals surface area contributed by atoms with Gasteiger partial charge in [0, 0.05) is 18.8 Å². The Hall–Kier alpha value is -2.97. The summed E-state index contributed by atoms with van der Waals surface area (Å²) in [5, 5.41) is 0. The number of ether oxygens (including phenoxy) is 4. The number of esters is 4. The van der Waals surface area contributed by atoms with Crippen molar-refractivity contribution in [2.75, 3.05) is 27.9 Å². The second kappa shape index (κ2) is 19.1. The van der Waals surface area contributed by atoms with Gasteiger partial charge >= 0.3 is 23.9 Å². The zero-order chi connectivity index (χ0) is 29.2. The summed E-state index contributed by atoms with van der Waals surface area (Å²) < 4.78 is 19.8. The molecular weight excluding hydrogens is 504 g/mol. The molecule has 0 spiro atoms. The predicted octanol–water partition coefficient (Wildman–Crippen LogP) is 4.77. The first kappa shape index (κ1) is 34.1. The Morgan fingerprint density at radius 1 is 0.872 bits per heavy atom. The molecule has 1 aliphatic rings. The minimum absolute atomic E-state index is 0.00335. The molecule has 1 aliphatic carbocycles. The van der Waals surface area contributed by atoms with Gasteiger partial charge in [-0.25, -0.2) is 0 Å². The van der Waals surface area contributed by atoms with E-state index in [0.717, 1.165) is 25.7 Å². The van der Waals surface area contributed by atoms with E-state index >= 15 is 0 Å². The average molecular weight is 551 g/mol. The Balaban J connectivity index is 3.35. The molecule has 1 fully saturated rings. The first-order valence-corrected chi connectivity index (χ1v) is 14.0. The van der Waals surface area contributed by atoms with E-state index in [1.54, 1.807) is 6.92 Å². The summed E-state index contributed by atoms with van der Waals surface area (Å²) in [7, 11) is 3.74. The standard InChI is InChI=1S/C30H46O9/c1-6-8-9-10-13-16-21(19-26(33)39-7-2)27-22(17-14-11-12-15-18-25(32)36-3)24(31)20-23(27)28(29(34)37-4)30(35)38-5/h11,13-14,16,21-23,27-28H,6-10,12,15,17-20H2,1-5H3/b14-11-,16-13+/t21-,22+,23-,27?/m1/s1. The minimum atomic E-state index is -1.28. The normalized spacial score (nSPS) is 19.9. The Morgan fingerprint density at radius 3 is 2.13 bits per heavy atom. The van der Waals surface area contributed by atoms with Gasteiger partial charge in [0.1, 0.15) is 5.78 Å². The van der Waals surface area contributed by atoms with E-state index in [9.17, 15) is 24.0 Å². The van der Waals surface area contributed by atoms with Crippen LogP contribution >= 0.6 is 0 Å². The second-order valence-corrected chi connectivity index (χ2v) is 9.81. The molecule has 0 saturated heterocycles. The van der Waals surface area contributed by atoms with Crippen molar-refractivity contribution >= 4 is 29.7 Å². The lowest BCUT2D eigenvalue weighted by Crippen LogP contribution is -2.39. The highest BCUT2D eigenvalue weighted by Crippen LogP contribution is 2.47. The number of carbonyl (C=O) groups is 5. The van der Waals surface area contributed by atoms with Crippen LogP contribution in [0.3, 0.4) is 0 Å². The van der Waals surface area contributed by atoms with Gasteiger partial charge in [-0.15, -0.1) is 0 Å². The first-order chi connectivity index (χ1) is 18.7. The van der Waals surface area contributed by atoms with Crippen molar-refractivity contribution in [3.63, 3.8) is 0 Å². The lowest BCUT2D eigenvalue weighted by atomic mass is 9.71. The predicted molar refractivity (Wildman–Crippen MR) is 145 cm³/mol. The van der Waals surface area contributed by atoms with Gasteiger partial charge in [0.15, 0.2) is 5.92 Å². The lowest BCUT2D eigenvalue weighted by molar-refractivity contribution is -0.162. The maximum atomic E-state index is 13.4. The van der Waals surface area contributed by atoms with Crippen LogP contribution in [0, 0.1) is 29.6 Å². The van der Waals surface area contributed by atoms with Crippen LogP contribution in [0.2, 0.25) is 0 Å². The number of rotatable bonds is 18. The smallest absolute Gasteiger partial charge is 0.320 e. The monoisotopic (exact) mass is 550 g/mol. The van der Waals surface area contributed by atoms with E-state index in [1.165, 1.54) is 21.3 Å². The molecule has 0 radical (unpaired) electrons. The maximum Gasteiger partial charge on any atom is 0.320 e. The molecule has 1 unspecified atom stereocenters. The van der Waals surface area contributed by atoms with Gasteiger partial charge in [-0.05, 0) is 56.8 Å². The van der Waals surface area contributed by atoms with Gasteiger partial charge in [-0.2, -0.15) is 0 Å². The summed E-state index contributed by atoms with van der Waals surface area (Å²) in [4.78, 5) is 62.8. The molecule has 0 aliphatic heterocycles. The van der Waals surface area contributed by atoms with Crippen LogP contribution in [-0.2, 0) is 42.9 Å². The van der Waals surface area contributed by atoms with Crippen molar-refractivity contribution in [1.82, 2.24) is 0 Å². The molecule has 0 aromatic heterocycles. The Bertz CT molecular complexity index is 844. The van der Waals surface area contributed by atoms with E-state index in [0.29, 0.717) is 25.7 Å². The number of hydrogen-bond acceptors (Lipinski definition) is 9. The zero-order valence-corrected chi connectivity index (χ0v) is 24.1. The van der Waals surface area contributed by atoms with Crippen LogP contribution in [0.1, 0.15) is 78.1 Å². The summed E-state index contributed by atoms with van der Waals surface area (Å²) in [5.74, 6) is -5.64. The van der Waals surface area contributed by atoms with Crippen LogP contribution in [0.25, 0.3) is 0 Å². The van der Waals surface area contributed by atoms with Crippen LogP contribution in [-0.4, -0.2) is 57.6 Å². The number of unbranched alkanes of at least 4 members (excludes halogenated alkanes) is 4. The molecule has 0 aromatic carbocycles. The van der Waals surface area contributed by atoms with Crippen LogP contribution in [0.4, 0.5) is 0 Å². The van der Waals surface area contributed by atoms with Gasteiger partial charge in [-0.3, -0.25) is 24.0 Å². The lowest BCUT2D eigenvalue weighted by Gasteiger charge is -2.32. The Labute approximate surface area is 232 Å². The van der Waals surface area contributed by atoms with Gasteiger partial charge in [0.25, 0.3) is 0 Å². The highest BCUT2D eigenvalue weighted by molar-refractivity contribution is 5.97. The first-order valence-electron chi connectivity index (χ1n) is 14.0. The minimum Gasteiger partial charge on any atom is -0.469 e. The molecule has 0 amide bonds. The third kappa shape index (κ3) is 11.3. The molecule has 220 valence electrons. The molecule has 0 aromatic rings. The fourth-order valence-electron chi connectivity index (χ4n) is 5.33. The summed E-state index contributed by atoms with van der Waals surface area (Å²) in [6, 6.07) is 0. The fourth-order valence-corrected chi connectivity index (χ4v) is 5.33. The summed E-state index contributed by atoms with van der Waals surface area (Å²) >= 11 is 0. The number of Topliss-reactive ketones (excluding diaryl/α,β-unsaturated/α-hetero) is 1. The molecule has 0 bridgehead atoms. The van der Waals surface area contributed by atoms with Crippen molar-refractivity contribution in [2.24, 2.45) is 29.6 Å². The molecule has 9 heteroatoms. The molecule has 39 heavy (non-hydrogen) atoms. The van der Waals surface area contributed by atoms with Crippen molar-refractivity contribution < 1.29 is 42.9 Å². The number of hydrogen-bond donors (Lipinski definition) is 0. The number of ketones is 1.